The van der Waals surface area contributed by atoms with Gasteiger partial charge in [-0.15, -0.1) is 0 Å². The minimum atomic E-state index is -3.43. The van der Waals surface area contributed by atoms with Crippen molar-refractivity contribution in [1.82, 2.24) is 0 Å². The standard InChI is InChI=1S/C9H16O5S/c1-3-14-9(11)7-15(12,13)6-4-5-8(2)10/h3-7H2,1-2H3. The Labute approximate surface area is 89.7 Å². The van der Waals surface area contributed by atoms with Crippen LogP contribution in [0.15, 0.2) is 0 Å². The summed E-state index contributed by atoms with van der Waals surface area (Å²) in [4.78, 5) is 21.5. The molecule has 6 heteroatoms. The van der Waals surface area contributed by atoms with E-state index in [1.807, 2.05) is 0 Å². The Morgan fingerprint density at radius 3 is 2.33 bits per heavy atom. The molecule has 15 heavy (non-hydrogen) atoms. The van der Waals surface area contributed by atoms with Crippen LogP contribution in [0.25, 0.3) is 0 Å². The molecule has 0 aromatic heterocycles. The Kier molecular flexibility index (Phi) is 6.15. The fourth-order valence-corrected chi connectivity index (χ4v) is 2.17. The molecule has 0 bridgehead atoms. The third-order valence-corrected chi connectivity index (χ3v) is 3.21. The second-order valence-corrected chi connectivity index (χ2v) is 5.39. The normalized spacial score (nSPS) is 11.1. The minimum Gasteiger partial charge on any atom is -0.465 e. The number of Topliss-reactive ketones (excluding diaryl/α,β-unsaturated/α-hetero) is 1. The number of carbonyl (C=O) groups is 2. The van der Waals surface area contributed by atoms with Crippen LogP contribution in [0, 0.1) is 0 Å². The molecule has 0 heterocycles. The van der Waals surface area contributed by atoms with Crippen LogP contribution in [0.2, 0.25) is 0 Å². The Hall–Kier alpha value is -0.910. The fourth-order valence-electron chi connectivity index (χ4n) is 0.995. The molecule has 0 saturated heterocycles. The summed E-state index contributed by atoms with van der Waals surface area (Å²) >= 11 is 0. The predicted octanol–water partition coefficient (Wildman–Crippen LogP) is 0.333. The molecule has 0 N–H and O–H groups in total. The second kappa shape index (κ2) is 6.55. The summed E-state index contributed by atoms with van der Waals surface area (Å²) in [5.41, 5.74) is 0. The van der Waals surface area contributed by atoms with Crippen molar-refractivity contribution in [2.24, 2.45) is 0 Å². The first kappa shape index (κ1) is 14.1. The van der Waals surface area contributed by atoms with Gasteiger partial charge in [-0.1, -0.05) is 0 Å². The number of esters is 1. The number of ketones is 1. The van der Waals surface area contributed by atoms with Crippen LogP contribution in [0.1, 0.15) is 26.7 Å². The maximum absolute atomic E-state index is 11.3. The van der Waals surface area contributed by atoms with Gasteiger partial charge in [0.15, 0.2) is 9.84 Å². The number of carbonyl (C=O) groups excluding carboxylic acids is 2. The quantitative estimate of drug-likeness (QED) is 0.595. The average molecular weight is 236 g/mol. The molecule has 0 unspecified atom stereocenters. The Morgan fingerprint density at radius 1 is 1.27 bits per heavy atom. The van der Waals surface area contributed by atoms with Crippen molar-refractivity contribution in [3.8, 4) is 0 Å². The molecule has 0 aliphatic rings. The van der Waals surface area contributed by atoms with E-state index in [2.05, 4.69) is 4.74 Å². The van der Waals surface area contributed by atoms with Crippen LogP contribution in [0.4, 0.5) is 0 Å². The van der Waals surface area contributed by atoms with Crippen LogP contribution in [-0.2, 0) is 24.2 Å². The largest absolute Gasteiger partial charge is 0.465 e. The summed E-state index contributed by atoms with van der Waals surface area (Å²) < 4.78 is 27.1. The van der Waals surface area contributed by atoms with Crippen LogP contribution in [0.5, 0.6) is 0 Å². The maximum Gasteiger partial charge on any atom is 0.321 e. The molecule has 0 aromatic carbocycles. The molecule has 0 amide bonds. The Morgan fingerprint density at radius 2 is 1.87 bits per heavy atom. The zero-order valence-electron chi connectivity index (χ0n) is 8.99. The van der Waals surface area contributed by atoms with Crippen molar-refractivity contribution in [2.45, 2.75) is 26.7 Å². The van der Waals surface area contributed by atoms with E-state index < -0.39 is 21.6 Å². The zero-order chi connectivity index (χ0) is 11.9. The summed E-state index contributed by atoms with van der Waals surface area (Å²) in [5.74, 6) is -1.54. The number of sulfone groups is 1. The van der Waals surface area contributed by atoms with Crippen molar-refractivity contribution in [3.63, 3.8) is 0 Å². The number of hydrogen-bond donors (Lipinski definition) is 0. The monoisotopic (exact) mass is 236 g/mol. The molecule has 0 spiro atoms. The summed E-state index contributed by atoms with van der Waals surface area (Å²) in [6.07, 6.45) is 0.485. The van der Waals surface area contributed by atoms with Gasteiger partial charge in [0.25, 0.3) is 0 Å². The van der Waals surface area contributed by atoms with Gasteiger partial charge < -0.3 is 9.53 Å². The molecule has 0 atom stereocenters. The summed E-state index contributed by atoms with van der Waals surface area (Å²) in [6, 6.07) is 0. The summed E-state index contributed by atoms with van der Waals surface area (Å²) in [5, 5.41) is 0. The highest BCUT2D eigenvalue weighted by Crippen LogP contribution is 1.99. The van der Waals surface area contributed by atoms with Gasteiger partial charge in [0.05, 0.1) is 12.4 Å². The molecule has 0 aromatic rings. The van der Waals surface area contributed by atoms with Crippen LogP contribution in [0.3, 0.4) is 0 Å². The third-order valence-electron chi connectivity index (χ3n) is 1.63. The van der Waals surface area contributed by atoms with E-state index >= 15 is 0 Å². The minimum absolute atomic E-state index is 0.0543. The number of ether oxygens (including phenoxy) is 1. The van der Waals surface area contributed by atoms with Crippen molar-refractivity contribution in [3.05, 3.63) is 0 Å². The van der Waals surface area contributed by atoms with E-state index in [1.165, 1.54) is 6.92 Å². The molecule has 0 radical (unpaired) electrons. The predicted molar refractivity (Wildman–Crippen MR) is 55.2 cm³/mol. The first-order valence-electron chi connectivity index (χ1n) is 4.73. The lowest BCUT2D eigenvalue weighted by molar-refractivity contribution is -0.139. The number of rotatable bonds is 7. The van der Waals surface area contributed by atoms with Crippen LogP contribution < -0.4 is 0 Å². The molecule has 0 fully saturated rings. The molecule has 5 nitrogen and oxygen atoms in total. The molecule has 0 aliphatic heterocycles. The number of hydrogen-bond acceptors (Lipinski definition) is 5. The SMILES string of the molecule is CCOC(=O)CS(=O)(=O)CCCC(C)=O. The fraction of sp³-hybridized carbons (Fsp3) is 0.778. The van der Waals surface area contributed by atoms with E-state index in [9.17, 15) is 18.0 Å². The molecular weight excluding hydrogens is 220 g/mol. The zero-order valence-corrected chi connectivity index (χ0v) is 9.80. The van der Waals surface area contributed by atoms with Crippen LogP contribution in [-0.4, -0.2) is 38.3 Å². The molecule has 0 rings (SSSR count). The summed E-state index contributed by atoms with van der Waals surface area (Å²) in [6.45, 7) is 3.18. The lowest BCUT2D eigenvalue weighted by Gasteiger charge is -2.03. The van der Waals surface area contributed by atoms with Gasteiger partial charge >= 0.3 is 5.97 Å². The van der Waals surface area contributed by atoms with Gasteiger partial charge in [-0.05, 0) is 20.3 Å². The van der Waals surface area contributed by atoms with Crippen molar-refractivity contribution < 1.29 is 22.7 Å². The third kappa shape index (κ3) is 8.11. The van der Waals surface area contributed by atoms with Gasteiger partial charge in [-0.25, -0.2) is 8.42 Å². The lowest BCUT2D eigenvalue weighted by Crippen LogP contribution is -2.21. The summed E-state index contributed by atoms with van der Waals surface area (Å²) in [7, 11) is -3.43. The molecule has 0 saturated carbocycles. The Balaban J connectivity index is 3.97. The average Bonchev–Trinajstić information content (AvgIpc) is 2.01. The van der Waals surface area contributed by atoms with E-state index in [4.69, 9.17) is 0 Å². The van der Waals surface area contributed by atoms with Gasteiger partial charge in [0.2, 0.25) is 0 Å². The van der Waals surface area contributed by atoms with E-state index in [-0.39, 0.29) is 31.0 Å². The molecule has 0 aliphatic carbocycles. The highest BCUT2D eigenvalue weighted by molar-refractivity contribution is 7.92. The van der Waals surface area contributed by atoms with Crippen molar-refractivity contribution in [1.29, 1.82) is 0 Å². The van der Waals surface area contributed by atoms with E-state index in [0.29, 0.717) is 0 Å². The first-order chi connectivity index (χ1) is 6.87. The van der Waals surface area contributed by atoms with Gasteiger partial charge in [-0.2, -0.15) is 0 Å². The van der Waals surface area contributed by atoms with Crippen molar-refractivity contribution >= 4 is 21.6 Å². The van der Waals surface area contributed by atoms with Gasteiger partial charge in [0.1, 0.15) is 11.5 Å². The molecule has 88 valence electrons. The van der Waals surface area contributed by atoms with E-state index in [1.54, 1.807) is 6.92 Å². The lowest BCUT2D eigenvalue weighted by atomic mass is 10.3. The highest BCUT2D eigenvalue weighted by atomic mass is 32.2. The smallest absolute Gasteiger partial charge is 0.321 e. The highest BCUT2D eigenvalue weighted by Gasteiger charge is 2.17. The molecular formula is C9H16O5S. The topological polar surface area (TPSA) is 77.5 Å². The van der Waals surface area contributed by atoms with E-state index in [0.717, 1.165) is 0 Å². The van der Waals surface area contributed by atoms with Gasteiger partial charge in [0, 0.05) is 6.42 Å². The van der Waals surface area contributed by atoms with Crippen LogP contribution >= 0.6 is 0 Å². The maximum atomic E-state index is 11.3. The first-order valence-corrected chi connectivity index (χ1v) is 6.55. The van der Waals surface area contributed by atoms with Gasteiger partial charge in [-0.3, -0.25) is 4.79 Å². The van der Waals surface area contributed by atoms with Crippen molar-refractivity contribution in [2.75, 3.05) is 18.1 Å². The Bertz CT molecular complexity index is 317. The second-order valence-electron chi connectivity index (χ2n) is 3.20.